The predicted octanol–water partition coefficient (Wildman–Crippen LogP) is 5.93. The second kappa shape index (κ2) is 4.92. The van der Waals surface area contributed by atoms with Gasteiger partial charge < -0.3 is 0 Å². The molecular weight excluding hydrogens is 236 g/mol. The number of fused-ring (bicyclic) bond motifs is 1. The molecule has 0 bridgehead atoms. The van der Waals surface area contributed by atoms with Gasteiger partial charge in [-0.2, -0.15) is 0 Å². The molecule has 0 aromatic heterocycles. The molecule has 0 spiro atoms. The molecule has 0 N–H and O–H groups in total. The van der Waals surface area contributed by atoms with E-state index in [2.05, 4.69) is 66.3 Å². The van der Waals surface area contributed by atoms with Crippen molar-refractivity contribution in [3.8, 4) is 0 Å². The minimum absolute atomic E-state index is 0.630. The Morgan fingerprint density at radius 2 is 1.67 bits per heavy atom. The van der Waals surface area contributed by atoms with Gasteiger partial charge in [0.1, 0.15) is 0 Å². The van der Waals surface area contributed by atoms with Crippen LogP contribution in [-0.4, -0.2) is 0 Å². The van der Waals surface area contributed by atoms with Crippen LogP contribution in [0.2, 0.25) is 0 Å². The molecule has 0 amide bonds. The Kier molecular flexibility index (Phi) is 3.82. The molecule has 0 nitrogen and oxygen atoms in total. The molecule has 0 saturated carbocycles. The molecule has 1 unspecified atom stereocenters. The lowest BCUT2D eigenvalue weighted by Gasteiger charge is -2.22. The number of thioether (sulfide) groups is 1. The molecular formula is C17H26S. The zero-order chi connectivity index (χ0) is 13.6. The molecule has 2 atom stereocenters. The molecule has 0 saturated heterocycles. The van der Waals surface area contributed by atoms with E-state index >= 15 is 0 Å². The molecule has 0 fully saturated rings. The van der Waals surface area contributed by atoms with Gasteiger partial charge in [-0.05, 0) is 60.4 Å². The third-order valence-corrected chi connectivity index (χ3v) is 5.96. The zero-order valence-corrected chi connectivity index (χ0v) is 13.6. The second-order valence-corrected chi connectivity index (χ2v) is 7.82. The summed E-state index contributed by atoms with van der Waals surface area (Å²) < 4.78 is 0. The minimum atomic E-state index is 0.630. The average Bonchev–Trinajstić information content (AvgIpc) is 2.61. The topological polar surface area (TPSA) is 0 Å². The molecule has 0 radical (unpaired) electrons. The van der Waals surface area contributed by atoms with E-state index in [1.54, 1.807) is 16.7 Å². The van der Waals surface area contributed by atoms with Crippen molar-refractivity contribution < 1.29 is 0 Å². The van der Waals surface area contributed by atoms with Gasteiger partial charge in [0.25, 0.3) is 0 Å². The van der Waals surface area contributed by atoms with Crippen LogP contribution in [0.1, 0.15) is 78.9 Å². The Balaban J connectivity index is 2.70. The number of rotatable bonds is 2. The first-order valence-electron chi connectivity index (χ1n) is 7.13. The highest BCUT2D eigenvalue weighted by atomic mass is 32.2. The van der Waals surface area contributed by atoms with Crippen molar-refractivity contribution in [1.82, 2.24) is 0 Å². The fourth-order valence-electron chi connectivity index (χ4n) is 3.15. The monoisotopic (exact) mass is 262 g/mol. The Bertz CT molecular complexity index is 457. The summed E-state index contributed by atoms with van der Waals surface area (Å²) in [6.45, 7) is 16.3. The van der Waals surface area contributed by atoms with E-state index in [0.29, 0.717) is 16.4 Å². The normalized spacial score (nSPS) is 22.9. The SMILES string of the molecule is Cc1cc(C(C)C)c2c(c1C)[C@H](C)SC2C(C)C. The van der Waals surface area contributed by atoms with Gasteiger partial charge in [0.2, 0.25) is 0 Å². The van der Waals surface area contributed by atoms with Crippen molar-refractivity contribution in [3.05, 3.63) is 33.9 Å². The summed E-state index contributed by atoms with van der Waals surface area (Å²) in [4.78, 5) is 0. The van der Waals surface area contributed by atoms with Gasteiger partial charge in [0, 0.05) is 10.5 Å². The van der Waals surface area contributed by atoms with E-state index in [0.717, 1.165) is 5.92 Å². The summed E-state index contributed by atoms with van der Waals surface area (Å²) in [6.07, 6.45) is 0. The largest absolute Gasteiger partial charge is 0.146 e. The van der Waals surface area contributed by atoms with E-state index in [1.165, 1.54) is 11.1 Å². The Labute approximate surface area is 117 Å². The number of hydrogen-bond acceptors (Lipinski definition) is 1. The van der Waals surface area contributed by atoms with E-state index < -0.39 is 0 Å². The smallest absolute Gasteiger partial charge is 0.0332 e. The third-order valence-electron chi connectivity index (χ3n) is 4.24. The first-order chi connectivity index (χ1) is 8.34. The Hall–Kier alpha value is -0.430. The maximum atomic E-state index is 2.44. The molecule has 1 aliphatic heterocycles. The lowest BCUT2D eigenvalue weighted by atomic mass is 9.83. The molecule has 1 aliphatic rings. The van der Waals surface area contributed by atoms with Crippen molar-refractivity contribution in [2.45, 2.75) is 64.9 Å². The van der Waals surface area contributed by atoms with E-state index in [-0.39, 0.29) is 0 Å². The molecule has 1 heterocycles. The highest BCUT2D eigenvalue weighted by Crippen LogP contribution is 2.56. The lowest BCUT2D eigenvalue weighted by molar-refractivity contribution is 0.627. The summed E-state index contributed by atoms with van der Waals surface area (Å²) in [5.74, 6) is 1.35. The van der Waals surface area contributed by atoms with Gasteiger partial charge in [-0.15, -0.1) is 11.8 Å². The molecule has 1 aromatic carbocycles. The van der Waals surface area contributed by atoms with Crippen LogP contribution < -0.4 is 0 Å². The van der Waals surface area contributed by atoms with Crippen molar-refractivity contribution in [1.29, 1.82) is 0 Å². The van der Waals surface area contributed by atoms with Crippen LogP contribution >= 0.6 is 11.8 Å². The van der Waals surface area contributed by atoms with Gasteiger partial charge in [0.05, 0.1) is 0 Å². The zero-order valence-electron chi connectivity index (χ0n) is 12.8. The number of benzene rings is 1. The maximum absolute atomic E-state index is 2.44. The number of aryl methyl sites for hydroxylation is 1. The fourth-order valence-corrected chi connectivity index (χ4v) is 4.75. The Morgan fingerprint density at radius 3 is 2.17 bits per heavy atom. The molecule has 18 heavy (non-hydrogen) atoms. The first-order valence-corrected chi connectivity index (χ1v) is 8.08. The van der Waals surface area contributed by atoms with Crippen molar-refractivity contribution in [2.75, 3.05) is 0 Å². The van der Waals surface area contributed by atoms with Crippen LogP contribution in [0.4, 0.5) is 0 Å². The molecule has 1 aromatic rings. The van der Waals surface area contributed by atoms with Crippen molar-refractivity contribution >= 4 is 11.8 Å². The van der Waals surface area contributed by atoms with Gasteiger partial charge in [-0.25, -0.2) is 0 Å². The Morgan fingerprint density at radius 1 is 1.06 bits per heavy atom. The van der Waals surface area contributed by atoms with Crippen molar-refractivity contribution in [3.63, 3.8) is 0 Å². The summed E-state index contributed by atoms with van der Waals surface area (Å²) in [5.41, 5.74) is 7.89. The summed E-state index contributed by atoms with van der Waals surface area (Å²) >= 11 is 2.16. The van der Waals surface area contributed by atoms with Crippen LogP contribution in [0.3, 0.4) is 0 Å². The van der Waals surface area contributed by atoms with E-state index in [4.69, 9.17) is 0 Å². The molecule has 100 valence electrons. The summed E-state index contributed by atoms with van der Waals surface area (Å²) in [6, 6.07) is 2.44. The average molecular weight is 262 g/mol. The van der Waals surface area contributed by atoms with Gasteiger partial charge >= 0.3 is 0 Å². The second-order valence-electron chi connectivity index (χ2n) is 6.33. The lowest BCUT2D eigenvalue weighted by Crippen LogP contribution is -2.07. The molecule has 2 rings (SSSR count). The first kappa shape index (κ1) is 14.0. The molecule has 1 heteroatoms. The van der Waals surface area contributed by atoms with Gasteiger partial charge in [-0.1, -0.05) is 33.8 Å². The van der Waals surface area contributed by atoms with Crippen LogP contribution in [0.25, 0.3) is 0 Å². The van der Waals surface area contributed by atoms with Crippen LogP contribution in [0, 0.1) is 19.8 Å². The minimum Gasteiger partial charge on any atom is -0.146 e. The van der Waals surface area contributed by atoms with Gasteiger partial charge in [0.15, 0.2) is 0 Å². The third kappa shape index (κ3) is 2.11. The standard InChI is InChI=1S/C17H26S/c1-9(2)14-8-11(5)12(6)15-13(7)18-17(10(3)4)16(14)15/h8-10,13,17H,1-7H3/t13-,17?/m0/s1. The highest BCUT2D eigenvalue weighted by Gasteiger charge is 2.35. The van der Waals surface area contributed by atoms with Crippen LogP contribution in [-0.2, 0) is 0 Å². The highest BCUT2D eigenvalue weighted by molar-refractivity contribution is 8.00. The summed E-state index contributed by atoms with van der Waals surface area (Å²) in [5, 5.41) is 1.34. The number of hydrogen-bond donors (Lipinski definition) is 0. The fraction of sp³-hybridized carbons (Fsp3) is 0.647. The van der Waals surface area contributed by atoms with Gasteiger partial charge in [-0.3, -0.25) is 0 Å². The van der Waals surface area contributed by atoms with E-state index in [1.807, 2.05) is 0 Å². The predicted molar refractivity (Wildman–Crippen MR) is 83.6 cm³/mol. The van der Waals surface area contributed by atoms with Crippen LogP contribution in [0.5, 0.6) is 0 Å². The molecule has 0 aliphatic carbocycles. The maximum Gasteiger partial charge on any atom is 0.0332 e. The summed E-state index contributed by atoms with van der Waals surface area (Å²) in [7, 11) is 0. The quantitative estimate of drug-likeness (QED) is 0.636. The van der Waals surface area contributed by atoms with Crippen molar-refractivity contribution in [2.24, 2.45) is 5.92 Å². The van der Waals surface area contributed by atoms with Crippen LogP contribution in [0.15, 0.2) is 6.07 Å². The van der Waals surface area contributed by atoms with E-state index in [9.17, 15) is 0 Å².